The number of para-hydroxylation sites is 2. The second-order valence-electron chi connectivity index (χ2n) is 6.33. The third kappa shape index (κ3) is 3.37. The van der Waals surface area contributed by atoms with Crippen LogP contribution in [-0.2, 0) is 6.54 Å². The highest BCUT2D eigenvalue weighted by Crippen LogP contribution is 2.26. The van der Waals surface area contributed by atoms with Gasteiger partial charge in [-0.3, -0.25) is 4.79 Å². The Labute approximate surface area is 165 Å². The summed E-state index contributed by atoms with van der Waals surface area (Å²) in [6, 6.07) is 18.2. The van der Waals surface area contributed by atoms with Crippen molar-refractivity contribution in [3.8, 4) is 0 Å². The van der Waals surface area contributed by atoms with Crippen molar-refractivity contribution in [2.24, 2.45) is 0 Å². The number of rotatable bonds is 4. The van der Waals surface area contributed by atoms with Gasteiger partial charge in [-0.05, 0) is 29.8 Å². The Hall–Kier alpha value is -3.18. The summed E-state index contributed by atoms with van der Waals surface area (Å²) in [6.45, 7) is 0.460. The molecule has 0 radical (unpaired) electrons. The smallest absolute Gasteiger partial charge is 0.257 e. The van der Waals surface area contributed by atoms with Crippen LogP contribution in [0, 0.1) is 11.6 Å². The standard InChI is InChI=1S/C22H15ClF2N2O/c23-17-8-3-1-6-14(17)12-27-13-16(15-7-2-4-11-20(15)27)22(28)26-21-18(24)9-5-10-19(21)25/h1-11,13H,12H2,(H,26,28). The van der Waals surface area contributed by atoms with Crippen molar-refractivity contribution < 1.29 is 13.6 Å². The van der Waals surface area contributed by atoms with Crippen LogP contribution in [-0.4, -0.2) is 10.5 Å². The number of halogens is 3. The molecule has 1 N–H and O–H groups in total. The van der Waals surface area contributed by atoms with Crippen LogP contribution in [0.5, 0.6) is 0 Å². The van der Waals surface area contributed by atoms with E-state index in [1.807, 2.05) is 41.0 Å². The van der Waals surface area contributed by atoms with Crippen molar-refractivity contribution in [2.45, 2.75) is 6.54 Å². The normalized spacial score (nSPS) is 11.0. The summed E-state index contributed by atoms with van der Waals surface area (Å²) in [5.41, 5.74) is 1.58. The fraction of sp³-hybridized carbons (Fsp3) is 0.0455. The van der Waals surface area contributed by atoms with Crippen LogP contribution >= 0.6 is 11.6 Å². The van der Waals surface area contributed by atoms with Crippen LogP contribution < -0.4 is 5.32 Å². The third-order valence-corrected chi connectivity index (χ3v) is 4.90. The van der Waals surface area contributed by atoms with Gasteiger partial charge >= 0.3 is 0 Å². The van der Waals surface area contributed by atoms with E-state index < -0.39 is 23.2 Å². The molecule has 3 nitrogen and oxygen atoms in total. The third-order valence-electron chi connectivity index (χ3n) is 4.53. The zero-order chi connectivity index (χ0) is 19.7. The molecular weight excluding hydrogens is 382 g/mol. The SMILES string of the molecule is O=C(Nc1c(F)cccc1F)c1cn(Cc2ccccc2Cl)c2ccccc12. The number of carbonyl (C=O) groups excluding carboxylic acids is 1. The number of carbonyl (C=O) groups is 1. The molecule has 1 amide bonds. The van der Waals surface area contributed by atoms with Crippen molar-refractivity contribution in [1.82, 2.24) is 4.57 Å². The van der Waals surface area contributed by atoms with E-state index in [0.29, 0.717) is 22.5 Å². The van der Waals surface area contributed by atoms with Gasteiger partial charge < -0.3 is 9.88 Å². The lowest BCUT2D eigenvalue weighted by Gasteiger charge is -2.07. The molecule has 0 aliphatic heterocycles. The number of hydrogen-bond donors (Lipinski definition) is 1. The molecule has 0 spiro atoms. The first-order chi connectivity index (χ1) is 13.5. The van der Waals surface area contributed by atoms with Crippen LogP contribution in [0.25, 0.3) is 10.9 Å². The number of aromatic nitrogens is 1. The largest absolute Gasteiger partial charge is 0.342 e. The van der Waals surface area contributed by atoms with Gasteiger partial charge in [0.1, 0.15) is 17.3 Å². The van der Waals surface area contributed by atoms with Crippen LogP contribution in [0.15, 0.2) is 72.9 Å². The quantitative estimate of drug-likeness (QED) is 0.459. The molecule has 6 heteroatoms. The Kier molecular flexibility index (Phi) is 4.84. The van der Waals surface area contributed by atoms with Crippen molar-refractivity contribution in [2.75, 3.05) is 5.32 Å². The van der Waals surface area contributed by atoms with Crippen LogP contribution in [0.2, 0.25) is 5.02 Å². The lowest BCUT2D eigenvalue weighted by Crippen LogP contribution is -2.14. The van der Waals surface area contributed by atoms with Crippen LogP contribution in [0.4, 0.5) is 14.5 Å². The maximum atomic E-state index is 13.9. The topological polar surface area (TPSA) is 34.0 Å². The lowest BCUT2D eigenvalue weighted by molar-refractivity contribution is 0.102. The van der Waals surface area contributed by atoms with Gasteiger partial charge in [0.05, 0.1) is 5.56 Å². The molecule has 0 unspecified atom stereocenters. The van der Waals surface area contributed by atoms with Gasteiger partial charge in [-0.15, -0.1) is 0 Å². The van der Waals surface area contributed by atoms with E-state index >= 15 is 0 Å². The molecule has 140 valence electrons. The second-order valence-corrected chi connectivity index (χ2v) is 6.74. The predicted molar refractivity (Wildman–Crippen MR) is 107 cm³/mol. The number of benzene rings is 3. The first-order valence-electron chi connectivity index (χ1n) is 8.61. The maximum Gasteiger partial charge on any atom is 0.257 e. The first-order valence-corrected chi connectivity index (χ1v) is 8.99. The minimum Gasteiger partial charge on any atom is -0.342 e. The highest BCUT2D eigenvalue weighted by molar-refractivity contribution is 6.31. The summed E-state index contributed by atoms with van der Waals surface area (Å²) in [5.74, 6) is -2.24. The van der Waals surface area contributed by atoms with Gasteiger partial charge in [-0.2, -0.15) is 0 Å². The Morgan fingerprint density at radius 2 is 1.61 bits per heavy atom. The summed E-state index contributed by atoms with van der Waals surface area (Å²) in [7, 11) is 0. The molecule has 0 fully saturated rings. The second kappa shape index (κ2) is 7.44. The van der Waals surface area contributed by atoms with Gasteiger partial charge in [-0.25, -0.2) is 8.78 Å². The highest BCUT2D eigenvalue weighted by Gasteiger charge is 2.18. The van der Waals surface area contributed by atoms with E-state index in [-0.39, 0.29) is 0 Å². The summed E-state index contributed by atoms with van der Waals surface area (Å²) < 4.78 is 29.7. The number of hydrogen-bond acceptors (Lipinski definition) is 1. The monoisotopic (exact) mass is 396 g/mol. The molecule has 0 saturated heterocycles. The van der Waals surface area contributed by atoms with E-state index in [1.165, 1.54) is 6.07 Å². The van der Waals surface area contributed by atoms with Crippen molar-refractivity contribution in [1.29, 1.82) is 0 Å². The lowest BCUT2D eigenvalue weighted by atomic mass is 10.1. The molecule has 0 saturated carbocycles. The number of anilines is 1. The molecule has 0 atom stereocenters. The number of nitrogens with zero attached hydrogens (tertiary/aromatic N) is 1. The molecule has 28 heavy (non-hydrogen) atoms. The maximum absolute atomic E-state index is 13.9. The predicted octanol–water partition coefficient (Wildman–Crippen LogP) is 5.87. The van der Waals surface area contributed by atoms with E-state index in [9.17, 15) is 13.6 Å². The summed E-state index contributed by atoms with van der Waals surface area (Å²) in [5, 5.41) is 3.66. The molecule has 4 rings (SSSR count). The van der Waals surface area contributed by atoms with Gasteiger partial charge in [0, 0.05) is 28.7 Å². The Bertz CT molecular complexity index is 1170. The zero-order valence-electron chi connectivity index (χ0n) is 14.6. The Morgan fingerprint density at radius 1 is 0.929 bits per heavy atom. The minimum absolute atomic E-state index is 0.324. The van der Waals surface area contributed by atoms with Crippen LogP contribution in [0.3, 0.4) is 0 Å². The van der Waals surface area contributed by atoms with E-state index in [0.717, 1.165) is 23.2 Å². The fourth-order valence-electron chi connectivity index (χ4n) is 3.17. The fourth-order valence-corrected chi connectivity index (χ4v) is 3.36. The molecule has 3 aromatic carbocycles. The average molecular weight is 397 g/mol. The molecule has 0 aliphatic rings. The van der Waals surface area contributed by atoms with E-state index in [4.69, 9.17) is 11.6 Å². The summed E-state index contributed by atoms with van der Waals surface area (Å²) in [4.78, 5) is 12.8. The number of nitrogens with one attached hydrogen (secondary N) is 1. The van der Waals surface area contributed by atoms with E-state index in [2.05, 4.69) is 5.32 Å². The molecule has 1 heterocycles. The first kappa shape index (κ1) is 18.2. The summed E-state index contributed by atoms with van der Waals surface area (Å²) in [6.07, 6.45) is 1.67. The Morgan fingerprint density at radius 3 is 2.36 bits per heavy atom. The van der Waals surface area contributed by atoms with Gasteiger partial charge in [-0.1, -0.05) is 54.1 Å². The Balaban J connectivity index is 1.74. The molecule has 0 aliphatic carbocycles. The van der Waals surface area contributed by atoms with Gasteiger partial charge in [0.25, 0.3) is 5.91 Å². The van der Waals surface area contributed by atoms with Crippen molar-refractivity contribution in [3.63, 3.8) is 0 Å². The molecule has 4 aromatic rings. The van der Waals surface area contributed by atoms with Gasteiger partial charge in [0.2, 0.25) is 0 Å². The molecule has 1 aromatic heterocycles. The highest BCUT2D eigenvalue weighted by atomic mass is 35.5. The molecule has 0 bridgehead atoms. The molecular formula is C22H15ClF2N2O. The minimum atomic E-state index is -0.826. The van der Waals surface area contributed by atoms with Crippen molar-refractivity contribution >= 4 is 34.1 Å². The average Bonchev–Trinajstić information content (AvgIpc) is 3.05. The number of fused-ring (bicyclic) bond motifs is 1. The van der Waals surface area contributed by atoms with E-state index in [1.54, 1.807) is 18.3 Å². The number of amides is 1. The summed E-state index contributed by atoms with van der Waals surface area (Å²) >= 11 is 6.26. The van der Waals surface area contributed by atoms with Gasteiger partial charge in [0.15, 0.2) is 0 Å². The van der Waals surface area contributed by atoms with Crippen molar-refractivity contribution in [3.05, 3.63) is 101 Å². The van der Waals surface area contributed by atoms with Crippen LogP contribution in [0.1, 0.15) is 15.9 Å². The zero-order valence-corrected chi connectivity index (χ0v) is 15.4.